The van der Waals surface area contributed by atoms with E-state index < -0.39 is 5.97 Å². The Labute approximate surface area is 115 Å². The van der Waals surface area contributed by atoms with Crippen molar-refractivity contribution in [1.29, 1.82) is 0 Å². The zero-order valence-corrected chi connectivity index (χ0v) is 11.6. The molecule has 1 aromatic rings. The Kier molecular flexibility index (Phi) is 4.59. The van der Waals surface area contributed by atoms with E-state index in [1.54, 1.807) is 0 Å². The van der Waals surface area contributed by atoms with Gasteiger partial charge in [-0.2, -0.15) is 0 Å². The number of carboxylic acid groups (broad SMARTS) is 1. The lowest BCUT2D eigenvalue weighted by molar-refractivity contribution is -0.139. The number of benzene rings is 1. The molecule has 0 spiro atoms. The van der Waals surface area contributed by atoms with Crippen molar-refractivity contribution in [3.05, 3.63) is 35.9 Å². The standard InChI is InChI=1S/C16H23NO2/c1-13-7-9-16(10-8-13,11-15(18)19)17-12-14-5-3-2-4-6-14/h2-6,13,17H,7-12H2,1H3,(H,18,19). The maximum atomic E-state index is 11.1. The zero-order chi connectivity index (χ0) is 13.7. The molecule has 0 aliphatic heterocycles. The first kappa shape index (κ1) is 14.1. The SMILES string of the molecule is CC1CCC(CC(=O)O)(NCc2ccccc2)CC1. The van der Waals surface area contributed by atoms with Gasteiger partial charge in [0.1, 0.15) is 0 Å². The molecule has 0 bridgehead atoms. The minimum atomic E-state index is -0.699. The Balaban J connectivity index is 2.00. The second-order valence-electron chi connectivity index (χ2n) is 5.87. The van der Waals surface area contributed by atoms with E-state index in [1.807, 2.05) is 18.2 Å². The lowest BCUT2D eigenvalue weighted by Gasteiger charge is -2.39. The van der Waals surface area contributed by atoms with E-state index >= 15 is 0 Å². The fraction of sp³-hybridized carbons (Fsp3) is 0.562. The summed E-state index contributed by atoms with van der Waals surface area (Å²) in [6.45, 7) is 3.00. The second kappa shape index (κ2) is 6.20. The third-order valence-electron chi connectivity index (χ3n) is 4.23. The maximum Gasteiger partial charge on any atom is 0.305 e. The lowest BCUT2D eigenvalue weighted by Crippen LogP contribution is -2.48. The molecule has 1 aliphatic rings. The van der Waals surface area contributed by atoms with E-state index in [1.165, 1.54) is 5.56 Å². The predicted molar refractivity (Wildman–Crippen MR) is 75.9 cm³/mol. The Bertz CT molecular complexity index is 408. The van der Waals surface area contributed by atoms with Crippen LogP contribution in [0.5, 0.6) is 0 Å². The molecular weight excluding hydrogens is 238 g/mol. The first-order valence-corrected chi connectivity index (χ1v) is 7.10. The van der Waals surface area contributed by atoms with Crippen LogP contribution in [0.4, 0.5) is 0 Å². The van der Waals surface area contributed by atoms with Gasteiger partial charge in [-0.05, 0) is 37.2 Å². The van der Waals surface area contributed by atoms with E-state index in [9.17, 15) is 4.79 Å². The van der Waals surface area contributed by atoms with Gasteiger partial charge in [0.05, 0.1) is 6.42 Å². The van der Waals surface area contributed by atoms with Crippen molar-refractivity contribution >= 4 is 5.97 Å². The number of hydrogen-bond acceptors (Lipinski definition) is 2. The van der Waals surface area contributed by atoms with Gasteiger partial charge in [0.2, 0.25) is 0 Å². The highest BCUT2D eigenvalue weighted by Gasteiger charge is 2.35. The van der Waals surface area contributed by atoms with Gasteiger partial charge in [-0.3, -0.25) is 4.79 Å². The van der Waals surface area contributed by atoms with E-state index in [4.69, 9.17) is 5.11 Å². The number of hydrogen-bond donors (Lipinski definition) is 2. The molecule has 1 aromatic carbocycles. The Morgan fingerprint density at radius 2 is 1.95 bits per heavy atom. The van der Waals surface area contributed by atoms with Gasteiger partial charge < -0.3 is 10.4 Å². The number of carboxylic acids is 1. The Morgan fingerprint density at radius 1 is 1.32 bits per heavy atom. The van der Waals surface area contributed by atoms with Crippen LogP contribution < -0.4 is 5.32 Å². The molecule has 19 heavy (non-hydrogen) atoms. The average Bonchev–Trinajstić information content (AvgIpc) is 2.41. The topological polar surface area (TPSA) is 49.3 Å². The van der Waals surface area contributed by atoms with Crippen LogP contribution in [0.3, 0.4) is 0 Å². The second-order valence-corrected chi connectivity index (χ2v) is 5.87. The van der Waals surface area contributed by atoms with Crippen LogP contribution in [0.25, 0.3) is 0 Å². The van der Waals surface area contributed by atoms with E-state index in [-0.39, 0.29) is 12.0 Å². The first-order chi connectivity index (χ1) is 9.10. The zero-order valence-electron chi connectivity index (χ0n) is 11.6. The molecular formula is C16H23NO2. The Morgan fingerprint density at radius 3 is 2.53 bits per heavy atom. The molecule has 2 rings (SSSR count). The van der Waals surface area contributed by atoms with Crippen molar-refractivity contribution in [2.75, 3.05) is 0 Å². The molecule has 104 valence electrons. The number of aliphatic carboxylic acids is 1. The molecule has 2 N–H and O–H groups in total. The van der Waals surface area contributed by atoms with Gasteiger partial charge in [0.25, 0.3) is 0 Å². The monoisotopic (exact) mass is 261 g/mol. The molecule has 0 unspecified atom stereocenters. The quantitative estimate of drug-likeness (QED) is 0.855. The molecule has 3 nitrogen and oxygen atoms in total. The van der Waals surface area contributed by atoms with Gasteiger partial charge in [0.15, 0.2) is 0 Å². The van der Waals surface area contributed by atoms with Crippen molar-refractivity contribution in [3.63, 3.8) is 0 Å². The molecule has 1 saturated carbocycles. The fourth-order valence-corrected chi connectivity index (χ4v) is 2.91. The van der Waals surface area contributed by atoms with Gasteiger partial charge in [-0.15, -0.1) is 0 Å². The number of rotatable bonds is 5. The summed E-state index contributed by atoms with van der Waals surface area (Å²) in [7, 11) is 0. The van der Waals surface area contributed by atoms with Crippen molar-refractivity contribution in [2.45, 2.75) is 51.1 Å². The normalized spacial score (nSPS) is 27.1. The van der Waals surface area contributed by atoms with Gasteiger partial charge in [-0.1, -0.05) is 37.3 Å². The van der Waals surface area contributed by atoms with Crippen molar-refractivity contribution in [3.8, 4) is 0 Å². The van der Waals surface area contributed by atoms with Crippen molar-refractivity contribution < 1.29 is 9.90 Å². The molecule has 1 fully saturated rings. The molecule has 0 aromatic heterocycles. The summed E-state index contributed by atoms with van der Waals surface area (Å²) < 4.78 is 0. The summed E-state index contributed by atoms with van der Waals surface area (Å²) in [5.74, 6) is 0.0237. The highest BCUT2D eigenvalue weighted by atomic mass is 16.4. The summed E-state index contributed by atoms with van der Waals surface area (Å²) in [6, 6.07) is 10.2. The summed E-state index contributed by atoms with van der Waals surface area (Å²) >= 11 is 0. The minimum absolute atomic E-state index is 0.214. The van der Waals surface area contributed by atoms with Crippen LogP contribution in [0.15, 0.2) is 30.3 Å². The van der Waals surface area contributed by atoms with E-state index in [0.29, 0.717) is 0 Å². The molecule has 0 saturated heterocycles. The van der Waals surface area contributed by atoms with Crippen molar-refractivity contribution in [2.24, 2.45) is 5.92 Å². The highest BCUT2D eigenvalue weighted by molar-refractivity contribution is 5.68. The lowest BCUT2D eigenvalue weighted by atomic mass is 9.75. The predicted octanol–water partition coefficient (Wildman–Crippen LogP) is 3.20. The molecule has 1 aliphatic carbocycles. The van der Waals surface area contributed by atoms with Crippen LogP contribution in [0, 0.1) is 5.92 Å². The molecule has 0 atom stereocenters. The highest BCUT2D eigenvalue weighted by Crippen LogP contribution is 2.34. The van der Waals surface area contributed by atoms with Crippen LogP contribution in [0.2, 0.25) is 0 Å². The summed E-state index contributed by atoms with van der Waals surface area (Å²) in [6.07, 6.45) is 4.40. The van der Waals surface area contributed by atoms with Gasteiger partial charge in [0, 0.05) is 12.1 Å². The molecule has 3 heteroatoms. The minimum Gasteiger partial charge on any atom is -0.481 e. The molecule has 0 amide bonds. The van der Waals surface area contributed by atoms with Crippen LogP contribution in [0.1, 0.15) is 44.6 Å². The molecule has 0 heterocycles. The molecule has 0 radical (unpaired) electrons. The van der Waals surface area contributed by atoms with Crippen LogP contribution >= 0.6 is 0 Å². The first-order valence-electron chi connectivity index (χ1n) is 7.10. The van der Waals surface area contributed by atoms with Gasteiger partial charge in [-0.25, -0.2) is 0 Å². The largest absolute Gasteiger partial charge is 0.481 e. The summed E-state index contributed by atoms with van der Waals surface area (Å²) in [5, 5.41) is 12.7. The van der Waals surface area contributed by atoms with Gasteiger partial charge >= 0.3 is 5.97 Å². The average molecular weight is 261 g/mol. The number of nitrogens with one attached hydrogen (secondary N) is 1. The van der Waals surface area contributed by atoms with Crippen LogP contribution in [-0.2, 0) is 11.3 Å². The number of carbonyl (C=O) groups is 1. The smallest absolute Gasteiger partial charge is 0.305 e. The van der Waals surface area contributed by atoms with E-state index in [2.05, 4.69) is 24.4 Å². The summed E-state index contributed by atoms with van der Waals surface area (Å²) in [4.78, 5) is 11.1. The summed E-state index contributed by atoms with van der Waals surface area (Å²) in [5.41, 5.74) is 1.000. The van der Waals surface area contributed by atoms with Crippen molar-refractivity contribution in [1.82, 2.24) is 5.32 Å². The van der Waals surface area contributed by atoms with Crippen LogP contribution in [-0.4, -0.2) is 16.6 Å². The Hall–Kier alpha value is -1.35. The fourth-order valence-electron chi connectivity index (χ4n) is 2.91. The van der Waals surface area contributed by atoms with E-state index in [0.717, 1.165) is 38.1 Å². The third-order valence-corrected chi connectivity index (χ3v) is 4.23. The maximum absolute atomic E-state index is 11.1. The third kappa shape index (κ3) is 4.06.